The molecule has 3 nitrogen and oxygen atoms in total. The van der Waals surface area contributed by atoms with E-state index in [2.05, 4.69) is 19.6 Å². The van der Waals surface area contributed by atoms with Crippen LogP contribution in [0.2, 0.25) is 19.6 Å². The highest BCUT2D eigenvalue weighted by molar-refractivity contribution is 6.76. The predicted molar refractivity (Wildman–Crippen MR) is 51.7 cm³/mol. The third-order valence-corrected chi connectivity index (χ3v) is 2.74. The molecule has 1 amide bonds. The van der Waals surface area contributed by atoms with Crippen LogP contribution in [0.25, 0.3) is 0 Å². The lowest BCUT2D eigenvalue weighted by Crippen LogP contribution is -2.43. The summed E-state index contributed by atoms with van der Waals surface area (Å²) >= 11 is 0. The van der Waals surface area contributed by atoms with E-state index in [1.54, 1.807) is 4.90 Å². The van der Waals surface area contributed by atoms with Gasteiger partial charge in [-0.3, -0.25) is 4.79 Å². The maximum absolute atomic E-state index is 11.0. The predicted octanol–water partition coefficient (Wildman–Crippen LogP) is 0.911. The third-order valence-electron chi connectivity index (χ3n) is 1.41. The minimum Gasteiger partial charge on any atom is -0.339 e. The van der Waals surface area contributed by atoms with E-state index in [9.17, 15) is 9.59 Å². The monoisotopic (exact) mass is 187 g/mol. The first kappa shape index (κ1) is 11.4. The maximum Gasteiger partial charge on any atom is 0.219 e. The van der Waals surface area contributed by atoms with Crippen LogP contribution in [-0.2, 0) is 9.59 Å². The van der Waals surface area contributed by atoms with Crippen molar-refractivity contribution in [2.75, 3.05) is 12.7 Å². The highest BCUT2D eigenvalue weighted by atomic mass is 28.3. The molecule has 70 valence electrons. The topological polar surface area (TPSA) is 37.4 Å². The van der Waals surface area contributed by atoms with Crippen LogP contribution in [0.5, 0.6) is 0 Å². The van der Waals surface area contributed by atoms with Crippen molar-refractivity contribution < 1.29 is 9.59 Å². The fraction of sp³-hybridized carbons (Fsp3) is 0.750. The third kappa shape index (κ3) is 5.07. The minimum atomic E-state index is -1.27. The van der Waals surface area contributed by atoms with Crippen LogP contribution in [0, 0.1) is 0 Å². The minimum absolute atomic E-state index is 0.00970. The Morgan fingerprint density at radius 2 is 1.92 bits per heavy atom. The molecule has 0 atom stereocenters. The van der Waals surface area contributed by atoms with Crippen molar-refractivity contribution in [3.63, 3.8) is 0 Å². The van der Waals surface area contributed by atoms with Crippen LogP contribution >= 0.6 is 0 Å². The summed E-state index contributed by atoms with van der Waals surface area (Å²) in [5, 5.41) is 0. The van der Waals surface area contributed by atoms with Gasteiger partial charge in [0.15, 0.2) is 0 Å². The number of carbonyl (C=O) groups excluding carboxylic acids is 2. The van der Waals surface area contributed by atoms with Crippen LogP contribution < -0.4 is 0 Å². The average molecular weight is 187 g/mol. The Labute approximate surface area is 74.8 Å². The van der Waals surface area contributed by atoms with Gasteiger partial charge in [-0.15, -0.1) is 0 Å². The van der Waals surface area contributed by atoms with Gasteiger partial charge in [0.1, 0.15) is 6.29 Å². The lowest BCUT2D eigenvalue weighted by atomic mass is 10.5. The molecule has 4 heteroatoms. The first-order valence-corrected chi connectivity index (χ1v) is 7.76. The standard InChI is InChI=1S/C8H17NO2Si/c1-8(11)9(5-6-10)7-12(2,3)4/h6H,5,7H2,1-4H3. The van der Waals surface area contributed by atoms with Gasteiger partial charge in [-0.2, -0.15) is 0 Å². The molecular formula is C8H17NO2Si. The highest BCUT2D eigenvalue weighted by Gasteiger charge is 2.19. The van der Waals surface area contributed by atoms with Gasteiger partial charge >= 0.3 is 0 Å². The molecule has 0 radical (unpaired) electrons. The summed E-state index contributed by atoms with van der Waals surface area (Å²) in [6.45, 7) is 8.26. The number of nitrogens with zero attached hydrogens (tertiary/aromatic N) is 1. The normalized spacial score (nSPS) is 11.0. The SMILES string of the molecule is CC(=O)N(CC=O)C[Si](C)(C)C. The van der Waals surface area contributed by atoms with Crippen LogP contribution in [0.15, 0.2) is 0 Å². The quantitative estimate of drug-likeness (QED) is 0.484. The Morgan fingerprint density at radius 1 is 1.42 bits per heavy atom. The van der Waals surface area contributed by atoms with Crippen LogP contribution in [0.3, 0.4) is 0 Å². The summed E-state index contributed by atoms with van der Waals surface area (Å²) in [6, 6.07) is 0. The Balaban J connectivity index is 4.13. The van der Waals surface area contributed by atoms with Crippen molar-refractivity contribution in [1.29, 1.82) is 0 Å². The number of hydrogen-bond acceptors (Lipinski definition) is 2. The molecule has 0 bridgehead atoms. The zero-order valence-electron chi connectivity index (χ0n) is 8.26. The molecule has 12 heavy (non-hydrogen) atoms. The molecule has 0 unspecified atom stereocenters. The molecule has 0 saturated heterocycles. The van der Waals surface area contributed by atoms with E-state index in [0.717, 1.165) is 12.5 Å². The largest absolute Gasteiger partial charge is 0.339 e. The van der Waals surface area contributed by atoms with E-state index >= 15 is 0 Å². The van der Waals surface area contributed by atoms with E-state index in [4.69, 9.17) is 0 Å². The van der Waals surface area contributed by atoms with E-state index in [-0.39, 0.29) is 12.5 Å². The molecule has 0 aromatic heterocycles. The van der Waals surface area contributed by atoms with Crippen molar-refractivity contribution in [3.8, 4) is 0 Å². The van der Waals surface area contributed by atoms with Gasteiger partial charge in [0.05, 0.1) is 14.6 Å². The van der Waals surface area contributed by atoms with Gasteiger partial charge in [-0.25, -0.2) is 0 Å². The molecule has 0 spiro atoms. The molecule has 0 aromatic rings. The second-order valence-corrected chi connectivity index (χ2v) is 9.56. The zero-order chi connectivity index (χ0) is 9.78. The fourth-order valence-electron chi connectivity index (χ4n) is 0.967. The molecule has 0 aliphatic rings. The van der Waals surface area contributed by atoms with Crippen molar-refractivity contribution in [1.82, 2.24) is 4.90 Å². The molecule has 0 rings (SSSR count). The van der Waals surface area contributed by atoms with Crippen LogP contribution in [0.4, 0.5) is 0 Å². The Hall–Kier alpha value is -0.643. The molecule has 0 heterocycles. The molecule has 0 fully saturated rings. The van der Waals surface area contributed by atoms with Gasteiger partial charge < -0.3 is 9.69 Å². The number of hydrogen-bond donors (Lipinski definition) is 0. The summed E-state index contributed by atoms with van der Waals surface area (Å²) in [7, 11) is -1.27. The van der Waals surface area contributed by atoms with Crippen molar-refractivity contribution in [3.05, 3.63) is 0 Å². The van der Waals surface area contributed by atoms with Crippen molar-refractivity contribution in [2.45, 2.75) is 26.6 Å². The Kier molecular flexibility index (Phi) is 4.16. The van der Waals surface area contributed by atoms with E-state index < -0.39 is 8.07 Å². The van der Waals surface area contributed by atoms with Crippen molar-refractivity contribution in [2.24, 2.45) is 0 Å². The summed E-state index contributed by atoms with van der Waals surface area (Å²) in [5.74, 6) is -0.00970. The van der Waals surface area contributed by atoms with Gasteiger partial charge in [-0.05, 0) is 0 Å². The lowest BCUT2D eigenvalue weighted by Gasteiger charge is -2.25. The highest BCUT2D eigenvalue weighted by Crippen LogP contribution is 2.03. The molecule has 0 aliphatic carbocycles. The van der Waals surface area contributed by atoms with E-state index in [1.807, 2.05) is 0 Å². The van der Waals surface area contributed by atoms with Crippen LogP contribution in [-0.4, -0.2) is 37.9 Å². The Bertz CT molecular complexity index is 174. The second-order valence-electron chi connectivity index (χ2n) is 4.13. The zero-order valence-corrected chi connectivity index (χ0v) is 9.26. The molecule has 0 N–H and O–H groups in total. The van der Waals surface area contributed by atoms with Gasteiger partial charge in [0.25, 0.3) is 0 Å². The lowest BCUT2D eigenvalue weighted by molar-refractivity contribution is -0.130. The Morgan fingerprint density at radius 3 is 2.17 bits per heavy atom. The smallest absolute Gasteiger partial charge is 0.219 e. The summed E-state index contributed by atoms with van der Waals surface area (Å²) in [5.41, 5.74) is 0. The first-order chi connectivity index (χ1) is 5.37. The number of aldehydes is 1. The van der Waals surface area contributed by atoms with Gasteiger partial charge in [0, 0.05) is 13.1 Å². The average Bonchev–Trinajstić information content (AvgIpc) is 1.83. The molecule has 0 aliphatic heterocycles. The summed E-state index contributed by atoms with van der Waals surface area (Å²) < 4.78 is 0. The maximum atomic E-state index is 11.0. The number of rotatable bonds is 4. The van der Waals surface area contributed by atoms with Crippen molar-refractivity contribution >= 4 is 20.3 Å². The summed E-state index contributed by atoms with van der Waals surface area (Å²) in [6.07, 6.45) is 1.54. The molecule has 0 saturated carbocycles. The fourth-order valence-corrected chi connectivity index (χ4v) is 2.46. The van der Waals surface area contributed by atoms with Gasteiger partial charge in [-0.1, -0.05) is 19.6 Å². The molecular weight excluding hydrogens is 170 g/mol. The van der Waals surface area contributed by atoms with Gasteiger partial charge in [0.2, 0.25) is 5.91 Å². The van der Waals surface area contributed by atoms with E-state index in [0.29, 0.717) is 0 Å². The van der Waals surface area contributed by atoms with E-state index in [1.165, 1.54) is 6.92 Å². The second kappa shape index (κ2) is 4.40. The number of carbonyl (C=O) groups is 2. The first-order valence-electron chi connectivity index (χ1n) is 4.06. The number of amides is 1. The van der Waals surface area contributed by atoms with Crippen LogP contribution in [0.1, 0.15) is 6.92 Å². The summed E-state index contributed by atoms with van der Waals surface area (Å²) in [4.78, 5) is 22.8. The molecule has 0 aromatic carbocycles.